The summed E-state index contributed by atoms with van der Waals surface area (Å²) in [6.45, 7) is 2.92. The third-order valence-electron chi connectivity index (χ3n) is 1.32. The van der Waals surface area contributed by atoms with E-state index in [1.165, 1.54) is 12.1 Å². The molecule has 94 valence electrons. The fourth-order valence-electron chi connectivity index (χ4n) is 0.710. The molecule has 0 atom stereocenters. The van der Waals surface area contributed by atoms with E-state index >= 15 is 0 Å². The summed E-state index contributed by atoms with van der Waals surface area (Å²) < 4.78 is 29.6. The van der Waals surface area contributed by atoms with Crippen LogP contribution in [-0.2, 0) is 35.3 Å². The first kappa shape index (κ1) is 17.7. The second-order valence-electron chi connectivity index (χ2n) is 2.81. The molecule has 2 N–H and O–H groups in total. The van der Waals surface area contributed by atoms with Gasteiger partial charge in [-0.05, 0) is 19.1 Å². The van der Waals surface area contributed by atoms with E-state index in [0.717, 1.165) is 12.5 Å². The quantitative estimate of drug-likeness (QED) is 0.595. The number of hydrogen-bond acceptors (Lipinski definition) is 3. The van der Waals surface area contributed by atoms with Crippen molar-refractivity contribution in [1.29, 1.82) is 0 Å². The summed E-state index contributed by atoms with van der Waals surface area (Å²) in [4.78, 5) is 8.93. The minimum Gasteiger partial charge on any atom is -0.481 e. The average Bonchev–Trinajstić information content (AvgIpc) is 2.01. The zero-order valence-electron chi connectivity index (χ0n) is 8.65. The van der Waals surface area contributed by atoms with Crippen LogP contribution in [0.1, 0.15) is 12.5 Å². The van der Waals surface area contributed by atoms with Crippen molar-refractivity contribution >= 4 is 16.1 Å². The van der Waals surface area contributed by atoms with Crippen molar-refractivity contribution in [2.75, 3.05) is 0 Å². The van der Waals surface area contributed by atoms with Crippen molar-refractivity contribution in [3.63, 3.8) is 0 Å². The molecule has 16 heavy (non-hydrogen) atoms. The van der Waals surface area contributed by atoms with Crippen LogP contribution in [0.15, 0.2) is 29.2 Å². The fraction of sp³-hybridized carbons (Fsp3) is 0.222. The number of aryl methyl sites for hydroxylation is 1. The van der Waals surface area contributed by atoms with Crippen LogP contribution < -0.4 is 0 Å². The largest absolute Gasteiger partial charge is 0.481 e. The maximum atomic E-state index is 10.5. The van der Waals surface area contributed by atoms with Crippen LogP contribution in [0, 0.1) is 6.92 Å². The van der Waals surface area contributed by atoms with E-state index in [9.17, 15) is 8.42 Å². The van der Waals surface area contributed by atoms with E-state index in [1.807, 2.05) is 6.92 Å². The van der Waals surface area contributed by atoms with Crippen molar-refractivity contribution in [3.05, 3.63) is 29.8 Å². The van der Waals surface area contributed by atoms with Crippen LogP contribution in [0.2, 0.25) is 0 Å². The Hall–Kier alpha value is -0.738. The van der Waals surface area contributed by atoms with E-state index in [-0.39, 0.29) is 25.3 Å². The Balaban J connectivity index is 0. The molecule has 0 bridgehead atoms. The molecule has 0 aromatic heterocycles. The molecule has 1 aromatic carbocycles. The van der Waals surface area contributed by atoms with Crippen molar-refractivity contribution in [2.24, 2.45) is 0 Å². The van der Waals surface area contributed by atoms with Gasteiger partial charge in [-0.15, -0.1) is 0 Å². The molecule has 1 rings (SSSR count). The normalized spacial score (nSPS) is 9.44. The van der Waals surface area contributed by atoms with Gasteiger partial charge in [-0.2, -0.15) is 8.42 Å². The zero-order chi connectivity index (χ0) is 12.1. The predicted molar refractivity (Wildman–Crippen MR) is 54.3 cm³/mol. The van der Waals surface area contributed by atoms with Crippen LogP contribution in [0.3, 0.4) is 0 Å². The van der Waals surface area contributed by atoms with Gasteiger partial charge in [0.1, 0.15) is 0 Å². The topological polar surface area (TPSA) is 91.7 Å². The number of rotatable bonds is 1. The number of benzene rings is 1. The molecule has 0 aliphatic carbocycles. The van der Waals surface area contributed by atoms with Gasteiger partial charge in [0.25, 0.3) is 16.1 Å². The Morgan fingerprint density at radius 3 is 1.75 bits per heavy atom. The van der Waals surface area contributed by atoms with Gasteiger partial charge in [0, 0.05) is 27.3 Å². The molecular formula is C9H12O5PdS. The first-order valence-electron chi connectivity index (χ1n) is 3.97. The summed E-state index contributed by atoms with van der Waals surface area (Å²) in [6.07, 6.45) is 0. The summed E-state index contributed by atoms with van der Waals surface area (Å²) >= 11 is 0. The van der Waals surface area contributed by atoms with Crippen LogP contribution in [0.4, 0.5) is 0 Å². The van der Waals surface area contributed by atoms with E-state index in [2.05, 4.69) is 0 Å². The molecule has 0 spiro atoms. The van der Waals surface area contributed by atoms with Crippen molar-refractivity contribution in [3.8, 4) is 0 Å². The van der Waals surface area contributed by atoms with Crippen LogP contribution >= 0.6 is 0 Å². The number of hydrogen-bond donors (Lipinski definition) is 2. The summed E-state index contributed by atoms with van der Waals surface area (Å²) in [7, 11) is -4.02. The molecule has 1 aromatic rings. The van der Waals surface area contributed by atoms with Crippen LogP contribution in [0.25, 0.3) is 0 Å². The third-order valence-corrected chi connectivity index (χ3v) is 2.19. The maximum Gasteiger partial charge on any atom is 0.300 e. The number of carboxylic acid groups (broad SMARTS) is 1. The predicted octanol–water partition coefficient (Wildman–Crippen LogP) is 1.33. The third kappa shape index (κ3) is 8.56. The molecule has 7 heteroatoms. The Labute approximate surface area is 108 Å². The molecular weight excluding hydrogens is 327 g/mol. The van der Waals surface area contributed by atoms with E-state index in [0.29, 0.717) is 0 Å². The minimum absolute atomic E-state index is 0. The van der Waals surface area contributed by atoms with E-state index < -0.39 is 16.1 Å². The molecule has 0 aliphatic rings. The van der Waals surface area contributed by atoms with Crippen LogP contribution in [0.5, 0.6) is 0 Å². The molecule has 0 amide bonds. The smallest absolute Gasteiger partial charge is 0.300 e. The van der Waals surface area contributed by atoms with Crippen molar-refractivity contribution in [2.45, 2.75) is 18.7 Å². The van der Waals surface area contributed by atoms with Crippen molar-refractivity contribution in [1.82, 2.24) is 0 Å². The standard InChI is InChI=1S/C7H8O3S.C2H4O2.Pd/c1-6-2-4-7(5-3-6)11(8,9)10;1-2(3)4;/h2-5H,1H3,(H,8,9,10);1H3,(H,3,4);. The summed E-state index contributed by atoms with van der Waals surface area (Å²) in [5.41, 5.74) is 0.956. The van der Waals surface area contributed by atoms with Crippen molar-refractivity contribution < 1.29 is 43.3 Å². The SMILES string of the molecule is CC(=O)O.Cc1ccc(S(=O)(=O)O)cc1.[Pd]. The molecule has 0 heterocycles. The monoisotopic (exact) mass is 338 g/mol. The fourth-order valence-corrected chi connectivity index (χ4v) is 1.19. The number of carboxylic acids is 1. The van der Waals surface area contributed by atoms with Gasteiger partial charge in [0.2, 0.25) is 0 Å². The first-order valence-corrected chi connectivity index (χ1v) is 5.41. The molecule has 0 radical (unpaired) electrons. The summed E-state index contributed by atoms with van der Waals surface area (Å²) in [5.74, 6) is -0.833. The molecule has 0 aliphatic heterocycles. The first-order chi connectivity index (χ1) is 6.73. The Bertz CT molecular complexity index is 420. The Kier molecular flexibility index (Phi) is 8.30. The molecule has 0 fully saturated rings. The summed E-state index contributed by atoms with van der Waals surface area (Å²) in [5, 5.41) is 7.42. The number of carbonyl (C=O) groups is 1. The van der Waals surface area contributed by atoms with Gasteiger partial charge >= 0.3 is 0 Å². The van der Waals surface area contributed by atoms with Gasteiger partial charge in [-0.1, -0.05) is 17.7 Å². The van der Waals surface area contributed by atoms with Gasteiger partial charge in [0.15, 0.2) is 0 Å². The molecule has 0 saturated carbocycles. The van der Waals surface area contributed by atoms with Gasteiger partial charge in [-0.25, -0.2) is 0 Å². The van der Waals surface area contributed by atoms with E-state index in [1.54, 1.807) is 12.1 Å². The Morgan fingerprint density at radius 2 is 1.50 bits per heavy atom. The zero-order valence-corrected chi connectivity index (χ0v) is 11.0. The van der Waals surface area contributed by atoms with Crippen LogP contribution in [-0.4, -0.2) is 24.0 Å². The van der Waals surface area contributed by atoms with Gasteiger partial charge < -0.3 is 5.11 Å². The minimum atomic E-state index is -4.02. The maximum absolute atomic E-state index is 10.5. The second kappa shape index (κ2) is 7.52. The molecule has 0 unspecified atom stereocenters. The molecule has 0 saturated heterocycles. The second-order valence-corrected chi connectivity index (χ2v) is 4.23. The Morgan fingerprint density at radius 1 is 1.19 bits per heavy atom. The average molecular weight is 339 g/mol. The van der Waals surface area contributed by atoms with Gasteiger partial charge in [0.05, 0.1) is 4.90 Å². The molecule has 5 nitrogen and oxygen atoms in total. The number of aliphatic carboxylic acids is 1. The summed E-state index contributed by atoms with van der Waals surface area (Å²) in [6, 6.07) is 5.99. The van der Waals surface area contributed by atoms with E-state index in [4.69, 9.17) is 14.5 Å². The van der Waals surface area contributed by atoms with Gasteiger partial charge in [-0.3, -0.25) is 9.35 Å².